The maximum absolute atomic E-state index is 8.84. The molecule has 1 atom stereocenters. The molecule has 1 unspecified atom stereocenters. The van der Waals surface area contributed by atoms with Gasteiger partial charge in [-0.2, -0.15) is 0 Å². The Hall–Kier alpha value is -1.13. The molecule has 19 heavy (non-hydrogen) atoms. The van der Waals surface area contributed by atoms with Crippen LogP contribution in [0.15, 0.2) is 24.4 Å². The third kappa shape index (κ3) is 4.48. The Kier molecular flexibility index (Phi) is 5.61. The number of hydrogen-bond acceptors (Lipinski definition) is 4. The Labute approximate surface area is 115 Å². The number of anilines is 1. The van der Waals surface area contributed by atoms with E-state index in [-0.39, 0.29) is 0 Å². The molecule has 2 N–H and O–H groups in total. The number of nitrogens with zero attached hydrogens (tertiary/aromatic N) is 2. The standard InChI is InChI=1S/C15H25N3O/c1-13(5-4-12-19)17-14-7-10-18(11-8-14)15-6-2-3-9-16-15/h2-3,6,9,13-14,17,19H,4-5,7-8,10-12H2,1H3. The van der Waals surface area contributed by atoms with Crippen molar-refractivity contribution in [1.82, 2.24) is 10.3 Å². The molecule has 0 saturated carbocycles. The number of piperidine rings is 1. The van der Waals surface area contributed by atoms with E-state index in [0.29, 0.717) is 18.7 Å². The fourth-order valence-corrected chi connectivity index (χ4v) is 2.70. The van der Waals surface area contributed by atoms with Crippen molar-refractivity contribution in [1.29, 1.82) is 0 Å². The maximum atomic E-state index is 8.84. The van der Waals surface area contributed by atoms with Crippen LogP contribution >= 0.6 is 0 Å². The molecule has 1 aliphatic heterocycles. The van der Waals surface area contributed by atoms with Crippen LogP contribution in [0.2, 0.25) is 0 Å². The number of aliphatic hydroxyl groups excluding tert-OH is 1. The average Bonchev–Trinajstić information content (AvgIpc) is 2.47. The number of nitrogens with one attached hydrogen (secondary N) is 1. The highest BCUT2D eigenvalue weighted by atomic mass is 16.2. The van der Waals surface area contributed by atoms with Gasteiger partial charge in [-0.25, -0.2) is 4.98 Å². The fourth-order valence-electron chi connectivity index (χ4n) is 2.70. The van der Waals surface area contributed by atoms with Gasteiger partial charge >= 0.3 is 0 Å². The van der Waals surface area contributed by atoms with E-state index in [1.165, 1.54) is 12.8 Å². The van der Waals surface area contributed by atoms with E-state index in [1.807, 2.05) is 18.3 Å². The third-order valence-electron chi connectivity index (χ3n) is 3.78. The molecule has 0 aliphatic carbocycles. The van der Waals surface area contributed by atoms with E-state index in [4.69, 9.17) is 5.11 Å². The summed E-state index contributed by atoms with van der Waals surface area (Å²) in [6.45, 7) is 4.65. The van der Waals surface area contributed by atoms with Crippen molar-refractivity contribution in [3.63, 3.8) is 0 Å². The van der Waals surface area contributed by atoms with Gasteiger partial charge in [0.05, 0.1) is 0 Å². The Bertz CT molecular complexity index is 350. The van der Waals surface area contributed by atoms with Gasteiger partial charge in [0, 0.05) is 38.0 Å². The van der Waals surface area contributed by atoms with E-state index in [2.05, 4.69) is 28.2 Å². The van der Waals surface area contributed by atoms with Gasteiger partial charge in [-0.1, -0.05) is 6.07 Å². The highest BCUT2D eigenvalue weighted by Crippen LogP contribution is 2.17. The minimum atomic E-state index is 0.296. The summed E-state index contributed by atoms with van der Waals surface area (Å²) in [5, 5.41) is 12.5. The molecule has 4 nitrogen and oxygen atoms in total. The molecule has 2 heterocycles. The molecule has 1 saturated heterocycles. The Morgan fingerprint density at radius 1 is 1.42 bits per heavy atom. The summed E-state index contributed by atoms with van der Waals surface area (Å²) in [6.07, 6.45) is 6.13. The van der Waals surface area contributed by atoms with Crippen LogP contribution in [0.1, 0.15) is 32.6 Å². The molecule has 0 spiro atoms. The first-order chi connectivity index (χ1) is 9.29. The molecule has 1 fully saturated rings. The predicted octanol–water partition coefficient (Wildman–Crippen LogP) is 1.80. The van der Waals surface area contributed by atoms with Gasteiger partial charge in [0.25, 0.3) is 0 Å². The zero-order valence-electron chi connectivity index (χ0n) is 11.8. The van der Waals surface area contributed by atoms with Crippen LogP contribution in [0.3, 0.4) is 0 Å². The van der Waals surface area contributed by atoms with E-state index in [1.54, 1.807) is 0 Å². The Balaban J connectivity index is 1.73. The van der Waals surface area contributed by atoms with E-state index < -0.39 is 0 Å². The van der Waals surface area contributed by atoms with Crippen molar-refractivity contribution in [2.24, 2.45) is 0 Å². The number of aromatic nitrogens is 1. The molecular formula is C15H25N3O. The SMILES string of the molecule is CC(CCCO)NC1CCN(c2ccccn2)CC1. The van der Waals surface area contributed by atoms with E-state index in [0.717, 1.165) is 31.7 Å². The quantitative estimate of drug-likeness (QED) is 0.821. The van der Waals surface area contributed by atoms with Crippen molar-refractivity contribution in [2.45, 2.75) is 44.7 Å². The molecule has 106 valence electrons. The van der Waals surface area contributed by atoms with Crippen LogP contribution in [-0.4, -0.2) is 41.9 Å². The van der Waals surface area contributed by atoms with Crippen molar-refractivity contribution in [2.75, 3.05) is 24.6 Å². The van der Waals surface area contributed by atoms with Crippen LogP contribution in [-0.2, 0) is 0 Å². The summed E-state index contributed by atoms with van der Waals surface area (Å²) in [7, 11) is 0. The van der Waals surface area contributed by atoms with Crippen LogP contribution in [0.25, 0.3) is 0 Å². The van der Waals surface area contributed by atoms with Crippen molar-refractivity contribution < 1.29 is 5.11 Å². The van der Waals surface area contributed by atoms with Gasteiger partial charge in [0.1, 0.15) is 5.82 Å². The minimum Gasteiger partial charge on any atom is -0.396 e. The molecule has 1 aromatic rings. The van der Waals surface area contributed by atoms with Crippen molar-refractivity contribution in [3.8, 4) is 0 Å². The maximum Gasteiger partial charge on any atom is 0.128 e. The third-order valence-corrected chi connectivity index (χ3v) is 3.78. The molecule has 0 amide bonds. The van der Waals surface area contributed by atoms with Gasteiger partial charge in [-0.05, 0) is 44.7 Å². The van der Waals surface area contributed by atoms with Crippen LogP contribution in [0.4, 0.5) is 5.82 Å². The zero-order valence-corrected chi connectivity index (χ0v) is 11.8. The molecule has 0 bridgehead atoms. The highest BCUT2D eigenvalue weighted by Gasteiger charge is 2.20. The smallest absolute Gasteiger partial charge is 0.128 e. The fraction of sp³-hybridized carbons (Fsp3) is 0.667. The highest BCUT2D eigenvalue weighted by molar-refractivity contribution is 5.38. The molecule has 1 aromatic heterocycles. The van der Waals surface area contributed by atoms with E-state index in [9.17, 15) is 0 Å². The Morgan fingerprint density at radius 3 is 2.84 bits per heavy atom. The summed E-state index contributed by atoms with van der Waals surface area (Å²) in [5.74, 6) is 1.09. The van der Waals surface area contributed by atoms with Gasteiger partial charge < -0.3 is 15.3 Å². The molecule has 2 rings (SSSR count). The lowest BCUT2D eigenvalue weighted by molar-refractivity contribution is 0.270. The minimum absolute atomic E-state index is 0.296. The van der Waals surface area contributed by atoms with Crippen molar-refractivity contribution >= 4 is 5.82 Å². The largest absolute Gasteiger partial charge is 0.396 e. The van der Waals surface area contributed by atoms with Gasteiger partial charge in [-0.3, -0.25) is 0 Å². The first-order valence-electron chi connectivity index (χ1n) is 7.32. The second kappa shape index (κ2) is 7.46. The molecule has 4 heteroatoms. The molecule has 0 aromatic carbocycles. The number of rotatable bonds is 6. The second-order valence-electron chi connectivity index (χ2n) is 5.38. The second-order valence-corrected chi connectivity index (χ2v) is 5.38. The number of hydrogen-bond donors (Lipinski definition) is 2. The number of pyridine rings is 1. The van der Waals surface area contributed by atoms with Gasteiger partial charge in [-0.15, -0.1) is 0 Å². The lowest BCUT2D eigenvalue weighted by Crippen LogP contribution is -2.45. The van der Waals surface area contributed by atoms with Crippen LogP contribution in [0, 0.1) is 0 Å². The first-order valence-corrected chi connectivity index (χ1v) is 7.32. The van der Waals surface area contributed by atoms with Crippen molar-refractivity contribution in [3.05, 3.63) is 24.4 Å². The Morgan fingerprint density at radius 2 is 2.21 bits per heavy atom. The monoisotopic (exact) mass is 263 g/mol. The first kappa shape index (κ1) is 14.3. The van der Waals surface area contributed by atoms with E-state index >= 15 is 0 Å². The lowest BCUT2D eigenvalue weighted by Gasteiger charge is -2.34. The van der Waals surface area contributed by atoms with Gasteiger partial charge in [0.15, 0.2) is 0 Å². The summed E-state index contributed by atoms with van der Waals surface area (Å²) < 4.78 is 0. The normalized spacial score (nSPS) is 18.5. The molecule has 1 aliphatic rings. The summed E-state index contributed by atoms with van der Waals surface area (Å²) in [6, 6.07) is 7.19. The molecular weight excluding hydrogens is 238 g/mol. The lowest BCUT2D eigenvalue weighted by atomic mass is 10.0. The van der Waals surface area contributed by atoms with Crippen LogP contribution in [0.5, 0.6) is 0 Å². The summed E-state index contributed by atoms with van der Waals surface area (Å²) in [5.41, 5.74) is 0. The summed E-state index contributed by atoms with van der Waals surface area (Å²) in [4.78, 5) is 6.76. The summed E-state index contributed by atoms with van der Waals surface area (Å²) >= 11 is 0. The van der Waals surface area contributed by atoms with Gasteiger partial charge in [0.2, 0.25) is 0 Å². The zero-order chi connectivity index (χ0) is 13.5. The predicted molar refractivity (Wildman–Crippen MR) is 78.4 cm³/mol. The average molecular weight is 263 g/mol. The number of aliphatic hydroxyl groups is 1. The van der Waals surface area contributed by atoms with Crippen LogP contribution < -0.4 is 10.2 Å². The topological polar surface area (TPSA) is 48.4 Å². The molecule has 0 radical (unpaired) electrons.